The molecule has 4 aromatic carbocycles. The molecular weight excluding hydrogens is 452 g/mol. The number of nitrogens with zero attached hydrogens (tertiary/aromatic N) is 2. The second kappa shape index (κ2) is 7.07. The molecule has 0 unspecified atom stereocenters. The fourth-order valence-electron chi connectivity index (χ4n) is 6.68. The minimum atomic E-state index is -1.48. The van der Waals surface area contributed by atoms with Crippen molar-refractivity contribution >= 4 is 73.0 Å². The molecule has 3 heterocycles. The van der Waals surface area contributed by atoms with Crippen molar-refractivity contribution in [2.24, 2.45) is 7.05 Å². The lowest BCUT2D eigenvalue weighted by Gasteiger charge is -2.21. The number of aryl methyl sites for hydroxylation is 2. The van der Waals surface area contributed by atoms with E-state index < -0.39 is 8.07 Å². The largest absolute Gasteiger partial charge is 0.307 e. The minimum absolute atomic E-state index is 0.395. The van der Waals surface area contributed by atoms with Crippen LogP contribution >= 0.6 is 0 Å². The maximum atomic E-state index is 2.65. The van der Waals surface area contributed by atoms with Gasteiger partial charge in [-0.1, -0.05) is 87.2 Å². The van der Waals surface area contributed by atoms with E-state index in [0.717, 1.165) is 0 Å². The average molecular weight is 486 g/mol. The van der Waals surface area contributed by atoms with Crippen LogP contribution in [0.4, 0.5) is 0 Å². The summed E-state index contributed by atoms with van der Waals surface area (Å²) < 4.78 is 4.99. The monoisotopic (exact) mass is 485 g/mol. The molecule has 178 valence electrons. The molecule has 0 radical (unpaired) electrons. The van der Waals surface area contributed by atoms with Gasteiger partial charge in [0.15, 0.2) is 6.20 Å². The van der Waals surface area contributed by atoms with E-state index in [1.165, 1.54) is 76.1 Å². The first-order valence-corrected chi connectivity index (χ1v) is 16.6. The Hall–Kier alpha value is -3.43. The highest BCUT2D eigenvalue weighted by molar-refractivity contribution is 6.88. The van der Waals surface area contributed by atoms with E-state index in [2.05, 4.69) is 123 Å². The molecule has 0 aliphatic rings. The summed E-state index contributed by atoms with van der Waals surface area (Å²) in [6, 6.07) is 23.3. The van der Waals surface area contributed by atoms with Gasteiger partial charge in [0.25, 0.3) is 0 Å². The molecule has 36 heavy (non-hydrogen) atoms. The van der Waals surface area contributed by atoms with Crippen LogP contribution in [0.25, 0.3) is 59.8 Å². The normalized spacial score (nSPS) is 13.1. The first-order valence-electron chi connectivity index (χ1n) is 13.1. The van der Waals surface area contributed by atoms with Crippen LogP contribution in [0, 0.1) is 6.92 Å². The van der Waals surface area contributed by atoms with E-state index in [1.54, 1.807) is 0 Å². The quantitative estimate of drug-likeness (QED) is 0.102. The van der Waals surface area contributed by atoms with Gasteiger partial charge < -0.3 is 4.40 Å². The lowest BCUT2D eigenvalue weighted by molar-refractivity contribution is -0.643. The van der Waals surface area contributed by atoms with Crippen LogP contribution in [0.2, 0.25) is 19.6 Å². The third-order valence-electron chi connectivity index (χ3n) is 8.42. The zero-order chi connectivity index (χ0) is 25.1. The molecule has 0 amide bonds. The highest BCUT2D eigenvalue weighted by atomic mass is 28.3. The van der Waals surface area contributed by atoms with Crippen LogP contribution in [-0.2, 0) is 7.05 Å². The molecule has 7 rings (SSSR count). The van der Waals surface area contributed by atoms with Crippen molar-refractivity contribution in [1.82, 2.24) is 4.40 Å². The van der Waals surface area contributed by atoms with Crippen LogP contribution in [0.15, 0.2) is 66.9 Å². The number of fused-ring (bicyclic) bond motifs is 7. The third kappa shape index (κ3) is 2.64. The Balaban J connectivity index is 1.94. The van der Waals surface area contributed by atoms with Crippen LogP contribution in [0.5, 0.6) is 0 Å². The number of benzene rings is 4. The summed E-state index contributed by atoms with van der Waals surface area (Å²) in [7, 11) is 0.730. The van der Waals surface area contributed by atoms with E-state index in [-0.39, 0.29) is 0 Å². The molecule has 0 fully saturated rings. The van der Waals surface area contributed by atoms with E-state index in [9.17, 15) is 0 Å². The zero-order valence-electron chi connectivity index (χ0n) is 22.3. The van der Waals surface area contributed by atoms with E-state index in [0.29, 0.717) is 5.92 Å². The van der Waals surface area contributed by atoms with Crippen LogP contribution in [0.1, 0.15) is 30.9 Å². The molecule has 0 saturated heterocycles. The summed E-state index contributed by atoms with van der Waals surface area (Å²) in [5.74, 6) is 0.395. The van der Waals surface area contributed by atoms with Crippen LogP contribution < -0.4 is 9.75 Å². The average Bonchev–Trinajstić information content (AvgIpc) is 3.18. The summed E-state index contributed by atoms with van der Waals surface area (Å²) in [5.41, 5.74) is 8.28. The van der Waals surface area contributed by atoms with Crippen LogP contribution in [-0.4, -0.2) is 12.5 Å². The Morgan fingerprint density at radius 2 is 1.50 bits per heavy atom. The topological polar surface area (TPSA) is 8.29 Å². The summed E-state index contributed by atoms with van der Waals surface area (Å²) in [5, 5.41) is 11.1. The van der Waals surface area contributed by atoms with Crippen molar-refractivity contribution in [2.75, 3.05) is 0 Å². The summed E-state index contributed by atoms with van der Waals surface area (Å²) in [6.45, 7) is 14.4. The molecule has 0 aliphatic heterocycles. The van der Waals surface area contributed by atoms with Gasteiger partial charge in [0.05, 0.1) is 35.4 Å². The van der Waals surface area contributed by atoms with Gasteiger partial charge in [0.2, 0.25) is 5.52 Å². The fourth-order valence-corrected chi connectivity index (χ4v) is 7.83. The predicted octanol–water partition coefficient (Wildman–Crippen LogP) is 7.94. The summed E-state index contributed by atoms with van der Waals surface area (Å²) >= 11 is 0. The van der Waals surface area contributed by atoms with Gasteiger partial charge in [0, 0.05) is 16.8 Å². The maximum Gasteiger partial charge on any atom is 0.224 e. The third-order valence-corrected chi connectivity index (χ3v) is 10.5. The summed E-state index contributed by atoms with van der Waals surface area (Å²) in [4.78, 5) is 0. The number of aromatic nitrogens is 2. The SMILES string of the molecule is Cc1c2ccccc2c(C(C)C)c2c1c1c3c(ccc4c5ccc([Si](C)(C)C)cc5n2c43)cc[n+]1C. The molecule has 0 saturated carbocycles. The van der Waals surface area contributed by atoms with Crippen molar-refractivity contribution in [1.29, 1.82) is 0 Å². The minimum Gasteiger partial charge on any atom is -0.307 e. The number of pyridine rings is 2. The molecule has 7 aromatic rings. The maximum absolute atomic E-state index is 2.65. The Morgan fingerprint density at radius 3 is 2.22 bits per heavy atom. The Morgan fingerprint density at radius 1 is 0.778 bits per heavy atom. The number of rotatable bonds is 2. The molecule has 0 bridgehead atoms. The second-order valence-corrected chi connectivity index (χ2v) is 17.1. The fraction of sp³-hybridized carbons (Fsp3) is 0.242. The van der Waals surface area contributed by atoms with Gasteiger partial charge in [-0.2, -0.15) is 0 Å². The van der Waals surface area contributed by atoms with Crippen molar-refractivity contribution in [3.8, 4) is 0 Å². The van der Waals surface area contributed by atoms with Gasteiger partial charge in [-0.25, -0.2) is 4.57 Å². The molecule has 0 N–H and O–H groups in total. The van der Waals surface area contributed by atoms with Crippen molar-refractivity contribution in [3.05, 3.63) is 78.0 Å². The van der Waals surface area contributed by atoms with Crippen molar-refractivity contribution in [2.45, 2.75) is 46.3 Å². The highest BCUT2D eigenvalue weighted by Gasteiger charge is 2.28. The van der Waals surface area contributed by atoms with Crippen LogP contribution in [0.3, 0.4) is 0 Å². The lowest BCUT2D eigenvalue weighted by Crippen LogP contribution is -2.37. The summed E-state index contributed by atoms with van der Waals surface area (Å²) in [6.07, 6.45) is 2.23. The molecule has 0 atom stereocenters. The molecule has 3 aromatic heterocycles. The highest BCUT2D eigenvalue weighted by Crippen LogP contribution is 2.45. The number of hydrogen-bond donors (Lipinski definition) is 0. The van der Waals surface area contributed by atoms with Gasteiger partial charge in [0.1, 0.15) is 7.05 Å². The molecule has 3 heteroatoms. The van der Waals surface area contributed by atoms with Gasteiger partial charge in [-0.15, -0.1) is 0 Å². The van der Waals surface area contributed by atoms with E-state index in [1.807, 2.05) is 0 Å². The molecule has 2 nitrogen and oxygen atoms in total. The standard InChI is InChI=1S/C33H33N2Si/c1-19(2)28-25-11-9-8-10-23(25)20(3)29-32-30-21(16-17-34(32)4)12-14-26-24-15-13-22(36(5,6)7)18-27(24)35(31(26)30)33(28)29/h8-19H,1-7H3/q+1. The number of hydrogen-bond acceptors (Lipinski definition) is 0. The van der Waals surface area contributed by atoms with E-state index >= 15 is 0 Å². The zero-order valence-corrected chi connectivity index (χ0v) is 23.3. The lowest BCUT2D eigenvalue weighted by atomic mass is 9.88. The Labute approximate surface area is 213 Å². The van der Waals surface area contributed by atoms with Gasteiger partial charge >= 0.3 is 0 Å². The van der Waals surface area contributed by atoms with Crippen molar-refractivity contribution < 1.29 is 4.57 Å². The second-order valence-electron chi connectivity index (χ2n) is 12.0. The van der Waals surface area contributed by atoms with Crippen molar-refractivity contribution in [3.63, 3.8) is 0 Å². The molecule has 0 aliphatic carbocycles. The smallest absolute Gasteiger partial charge is 0.224 e. The Bertz CT molecular complexity index is 2020. The van der Waals surface area contributed by atoms with Gasteiger partial charge in [-0.3, -0.25) is 0 Å². The molecule has 0 spiro atoms. The first kappa shape index (κ1) is 21.8. The predicted molar refractivity (Wildman–Crippen MR) is 159 cm³/mol. The molecular formula is C33H33N2Si+. The van der Waals surface area contributed by atoms with E-state index in [4.69, 9.17) is 0 Å². The Kier molecular flexibility index (Phi) is 4.29. The first-order chi connectivity index (χ1) is 17.2. The van der Waals surface area contributed by atoms with Gasteiger partial charge in [-0.05, 0) is 46.2 Å².